The molecule has 0 spiro atoms. The molecular weight excluding hydrogens is 364 g/mol. The molecule has 0 bridgehead atoms. The molecule has 2 aromatic heterocycles. The Hall–Kier alpha value is -2.87. The molecular formula is C19H20N4O3S. The van der Waals surface area contributed by atoms with E-state index in [0.29, 0.717) is 17.3 Å². The minimum atomic E-state index is -3.68. The van der Waals surface area contributed by atoms with E-state index in [1.807, 2.05) is 6.07 Å². The second-order valence-electron chi connectivity index (χ2n) is 6.62. The number of rotatable bonds is 5. The third-order valence-corrected chi connectivity index (χ3v) is 5.89. The second-order valence-corrected chi connectivity index (χ2v) is 8.31. The highest BCUT2D eigenvalue weighted by Crippen LogP contribution is 2.25. The van der Waals surface area contributed by atoms with Crippen LogP contribution in [0.2, 0.25) is 0 Å². The predicted molar refractivity (Wildman–Crippen MR) is 103 cm³/mol. The first-order chi connectivity index (χ1) is 13.0. The smallest absolute Gasteiger partial charge is 0.263 e. The van der Waals surface area contributed by atoms with Gasteiger partial charge in [0.25, 0.3) is 10.0 Å². The van der Waals surface area contributed by atoms with Crippen molar-refractivity contribution < 1.29 is 12.9 Å². The Morgan fingerprint density at radius 3 is 2.52 bits per heavy atom. The van der Waals surface area contributed by atoms with Gasteiger partial charge < -0.3 is 9.84 Å². The van der Waals surface area contributed by atoms with Crippen molar-refractivity contribution in [1.29, 1.82) is 0 Å². The van der Waals surface area contributed by atoms with Crippen molar-refractivity contribution in [3.05, 3.63) is 59.5 Å². The molecule has 2 heterocycles. The van der Waals surface area contributed by atoms with Crippen LogP contribution >= 0.6 is 0 Å². The second kappa shape index (κ2) is 7.03. The average molecular weight is 384 g/mol. The summed E-state index contributed by atoms with van der Waals surface area (Å²) in [4.78, 5) is 4.44. The Kier molecular flexibility index (Phi) is 4.57. The number of hydrogen-bond acceptors (Lipinski definition) is 6. The summed E-state index contributed by atoms with van der Waals surface area (Å²) >= 11 is 0. The fraction of sp³-hybridized carbons (Fsp3) is 0.263. The van der Waals surface area contributed by atoms with Gasteiger partial charge in [-0.3, -0.25) is 4.72 Å². The number of hydrogen-bond donors (Lipinski definition) is 2. The van der Waals surface area contributed by atoms with Crippen LogP contribution in [0.3, 0.4) is 0 Å². The summed E-state index contributed by atoms with van der Waals surface area (Å²) in [6.07, 6.45) is 5.75. The Balaban J connectivity index is 1.49. The van der Waals surface area contributed by atoms with E-state index in [1.54, 1.807) is 37.3 Å². The molecule has 7 nitrogen and oxygen atoms in total. The van der Waals surface area contributed by atoms with E-state index in [9.17, 15) is 8.42 Å². The van der Waals surface area contributed by atoms with Gasteiger partial charge in [-0.05, 0) is 68.0 Å². The average Bonchev–Trinajstić information content (AvgIpc) is 3.07. The van der Waals surface area contributed by atoms with Crippen molar-refractivity contribution in [2.45, 2.75) is 37.5 Å². The lowest BCUT2D eigenvalue weighted by Gasteiger charge is -2.17. The molecule has 0 radical (unpaired) electrons. The third kappa shape index (κ3) is 3.95. The minimum absolute atomic E-state index is 0.259. The van der Waals surface area contributed by atoms with Gasteiger partial charge in [0.05, 0.1) is 16.8 Å². The lowest BCUT2D eigenvalue weighted by Crippen LogP contribution is -2.15. The zero-order valence-electron chi connectivity index (χ0n) is 14.9. The van der Waals surface area contributed by atoms with E-state index in [-0.39, 0.29) is 10.7 Å². The van der Waals surface area contributed by atoms with Crippen LogP contribution in [0.15, 0.2) is 52.0 Å². The third-order valence-electron chi connectivity index (χ3n) is 4.53. The van der Waals surface area contributed by atoms with Crippen LogP contribution < -0.4 is 10.0 Å². The molecule has 0 saturated heterocycles. The maximum Gasteiger partial charge on any atom is 0.263 e. The topological polar surface area (TPSA) is 97.1 Å². The van der Waals surface area contributed by atoms with Gasteiger partial charge in [-0.2, -0.15) is 0 Å². The van der Waals surface area contributed by atoms with Crippen LogP contribution in [0.4, 0.5) is 17.3 Å². The van der Waals surface area contributed by atoms with Crippen LogP contribution in [-0.2, 0) is 22.9 Å². The van der Waals surface area contributed by atoms with E-state index in [2.05, 4.69) is 20.2 Å². The van der Waals surface area contributed by atoms with Gasteiger partial charge >= 0.3 is 0 Å². The van der Waals surface area contributed by atoms with Gasteiger partial charge in [-0.15, -0.1) is 0 Å². The number of fused-ring (bicyclic) bond motifs is 1. The van der Waals surface area contributed by atoms with E-state index in [0.717, 1.165) is 31.2 Å². The van der Waals surface area contributed by atoms with Gasteiger partial charge in [-0.1, -0.05) is 11.2 Å². The first-order valence-electron chi connectivity index (χ1n) is 8.81. The molecule has 27 heavy (non-hydrogen) atoms. The number of nitrogens with one attached hydrogen (secondary N) is 2. The number of nitrogens with zero attached hydrogens (tertiary/aromatic N) is 2. The molecule has 8 heteroatoms. The summed E-state index contributed by atoms with van der Waals surface area (Å²) in [5, 5.41) is 6.88. The zero-order valence-corrected chi connectivity index (χ0v) is 15.7. The summed E-state index contributed by atoms with van der Waals surface area (Å²) in [7, 11) is -3.68. The van der Waals surface area contributed by atoms with Crippen molar-refractivity contribution >= 4 is 27.3 Å². The van der Waals surface area contributed by atoms with Gasteiger partial charge in [-0.25, -0.2) is 13.4 Å². The molecule has 140 valence electrons. The van der Waals surface area contributed by atoms with Crippen molar-refractivity contribution in [2.24, 2.45) is 0 Å². The van der Waals surface area contributed by atoms with Crippen molar-refractivity contribution in [1.82, 2.24) is 10.1 Å². The predicted octanol–water partition coefficient (Wildman–Crippen LogP) is 3.80. The lowest BCUT2D eigenvalue weighted by molar-refractivity contribution is 0.400. The minimum Gasteiger partial charge on any atom is -0.360 e. The summed E-state index contributed by atoms with van der Waals surface area (Å²) in [6, 6.07) is 10.4. The SMILES string of the molecule is Cc1cc(Nc2ccc(NS(=O)(=O)c3ccc4c(c3)CCCC4)nc2)no1. The molecule has 2 N–H and O–H groups in total. The largest absolute Gasteiger partial charge is 0.360 e. The molecule has 0 fully saturated rings. The van der Waals surface area contributed by atoms with Gasteiger partial charge in [0.15, 0.2) is 5.82 Å². The number of pyridine rings is 1. The highest BCUT2D eigenvalue weighted by Gasteiger charge is 2.18. The molecule has 1 aliphatic rings. The quantitative estimate of drug-likeness (QED) is 0.694. The number of sulfonamides is 1. The van der Waals surface area contributed by atoms with Crippen molar-refractivity contribution in [2.75, 3.05) is 10.0 Å². The van der Waals surface area contributed by atoms with Crippen molar-refractivity contribution in [3.8, 4) is 0 Å². The maximum atomic E-state index is 12.7. The van der Waals surface area contributed by atoms with Crippen LogP contribution in [0, 0.1) is 6.92 Å². The van der Waals surface area contributed by atoms with Crippen LogP contribution in [-0.4, -0.2) is 18.6 Å². The zero-order chi connectivity index (χ0) is 18.9. The van der Waals surface area contributed by atoms with Crippen LogP contribution in [0.1, 0.15) is 29.7 Å². The highest BCUT2D eigenvalue weighted by atomic mass is 32.2. The van der Waals surface area contributed by atoms with E-state index in [4.69, 9.17) is 4.52 Å². The monoisotopic (exact) mass is 384 g/mol. The van der Waals surface area contributed by atoms with Gasteiger partial charge in [0, 0.05) is 6.07 Å². The summed E-state index contributed by atoms with van der Waals surface area (Å²) in [5.74, 6) is 1.52. The van der Waals surface area contributed by atoms with Crippen molar-refractivity contribution in [3.63, 3.8) is 0 Å². The maximum absolute atomic E-state index is 12.7. The van der Waals surface area contributed by atoms with E-state index >= 15 is 0 Å². The molecule has 0 unspecified atom stereocenters. The van der Waals surface area contributed by atoms with Gasteiger partial charge in [0.2, 0.25) is 0 Å². The fourth-order valence-corrected chi connectivity index (χ4v) is 4.23. The number of aryl methyl sites for hydroxylation is 3. The first kappa shape index (κ1) is 17.5. The van der Waals surface area contributed by atoms with Crippen LogP contribution in [0.25, 0.3) is 0 Å². The number of anilines is 3. The standard InChI is InChI=1S/C19H20N4O3S/c1-13-10-19(22-26-13)21-16-7-9-18(20-12-16)23-27(24,25)17-8-6-14-4-2-3-5-15(14)11-17/h6-12H,2-5H2,1H3,(H,20,23)(H,21,22). The summed E-state index contributed by atoms with van der Waals surface area (Å²) in [5.41, 5.74) is 3.05. The molecule has 0 atom stereocenters. The first-order valence-corrected chi connectivity index (χ1v) is 10.3. The Morgan fingerprint density at radius 2 is 1.81 bits per heavy atom. The molecule has 0 saturated carbocycles. The van der Waals surface area contributed by atoms with E-state index in [1.165, 1.54) is 11.8 Å². The molecule has 0 amide bonds. The van der Waals surface area contributed by atoms with E-state index < -0.39 is 10.0 Å². The Labute approximate surface area is 157 Å². The fourth-order valence-electron chi connectivity index (χ4n) is 3.17. The lowest BCUT2D eigenvalue weighted by atomic mass is 9.92. The molecule has 3 aromatic rings. The molecule has 4 rings (SSSR count). The number of benzene rings is 1. The normalized spacial score (nSPS) is 13.8. The summed E-state index contributed by atoms with van der Waals surface area (Å²) in [6.45, 7) is 1.80. The Bertz CT molecular complexity index is 1060. The molecule has 1 aromatic carbocycles. The molecule has 0 aliphatic heterocycles. The molecule has 1 aliphatic carbocycles. The number of aromatic nitrogens is 2. The highest BCUT2D eigenvalue weighted by molar-refractivity contribution is 7.92. The Morgan fingerprint density at radius 1 is 1.00 bits per heavy atom. The summed E-state index contributed by atoms with van der Waals surface area (Å²) < 4.78 is 32.9. The van der Waals surface area contributed by atoms with Crippen LogP contribution in [0.5, 0.6) is 0 Å². The van der Waals surface area contributed by atoms with Gasteiger partial charge in [0.1, 0.15) is 11.6 Å².